The zero-order chi connectivity index (χ0) is 17.9. The first-order valence-corrected chi connectivity index (χ1v) is 9.88. The minimum absolute atomic E-state index is 0.249. The summed E-state index contributed by atoms with van der Waals surface area (Å²) >= 11 is 12.3. The fourth-order valence-electron chi connectivity index (χ4n) is 2.42. The average Bonchev–Trinajstić information content (AvgIpc) is 2.63. The molecule has 0 aromatic heterocycles. The standard InChI is InChI=1S/C16H22Cl2N2O3S/c1-4-23-14-12(17)9-11(10-13(14)18)19-15(21)20-6-5-16(2,3)24(22)8-7-20/h9-10H,4-8H2,1-3H3,(H,19,21). The molecular weight excluding hydrogens is 371 g/mol. The Balaban J connectivity index is 2.08. The van der Waals surface area contributed by atoms with E-state index in [9.17, 15) is 9.00 Å². The monoisotopic (exact) mass is 392 g/mol. The van der Waals surface area contributed by atoms with Crippen molar-refractivity contribution in [2.24, 2.45) is 0 Å². The van der Waals surface area contributed by atoms with Gasteiger partial charge in [0.25, 0.3) is 0 Å². The molecule has 1 saturated heterocycles. The summed E-state index contributed by atoms with van der Waals surface area (Å²) in [6.45, 7) is 7.25. The topological polar surface area (TPSA) is 58.6 Å². The summed E-state index contributed by atoms with van der Waals surface area (Å²) in [7, 11) is -0.945. The highest BCUT2D eigenvalue weighted by Gasteiger charge is 2.31. The van der Waals surface area contributed by atoms with Gasteiger partial charge >= 0.3 is 6.03 Å². The maximum Gasteiger partial charge on any atom is 0.321 e. The van der Waals surface area contributed by atoms with E-state index in [1.807, 2.05) is 20.8 Å². The highest BCUT2D eigenvalue weighted by molar-refractivity contribution is 7.86. The minimum atomic E-state index is -0.945. The normalized spacial score (nSPS) is 20.4. The van der Waals surface area contributed by atoms with Crippen molar-refractivity contribution >= 4 is 45.7 Å². The molecule has 0 spiro atoms. The highest BCUT2D eigenvalue weighted by Crippen LogP contribution is 2.36. The zero-order valence-electron chi connectivity index (χ0n) is 14.0. The van der Waals surface area contributed by atoms with Gasteiger partial charge in [-0.2, -0.15) is 0 Å². The molecule has 1 heterocycles. The number of benzene rings is 1. The Kier molecular flexibility index (Phi) is 6.39. The Hall–Kier alpha value is -0.980. The van der Waals surface area contributed by atoms with E-state index < -0.39 is 10.8 Å². The van der Waals surface area contributed by atoms with E-state index in [1.165, 1.54) is 0 Å². The maximum absolute atomic E-state index is 12.5. The molecule has 0 bridgehead atoms. The molecule has 0 aliphatic carbocycles. The molecule has 1 fully saturated rings. The van der Waals surface area contributed by atoms with Gasteiger partial charge in [-0.05, 0) is 39.3 Å². The van der Waals surface area contributed by atoms with Gasteiger partial charge in [0.2, 0.25) is 0 Å². The Morgan fingerprint density at radius 2 is 1.96 bits per heavy atom. The molecule has 1 aliphatic heterocycles. The molecule has 2 rings (SSSR count). The largest absolute Gasteiger partial charge is 0.491 e. The molecule has 8 heteroatoms. The number of rotatable bonds is 3. The molecule has 1 aromatic rings. The van der Waals surface area contributed by atoms with Crippen LogP contribution in [0.15, 0.2) is 12.1 Å². The molecule has 1 aliphatic rings. The average molecular weight is 393 g/mol. The number of carbonyl (C=O) groups excluding carboxylic acids is 1. The van der Waals surface area contributed by atoms with Gasteiger partial charge in [0.05, 0.1) is 16.7 Å². The lowest BCUT2D eigenvalue weighted by Crippen LogP contribution is -2.37. The van der Waals surface area contributed by atoms with Gasteiger partial charge < -0.3 is 15.0 Å². The van der Waals surface area contributed by atoms with Gasteiger partial charge in [0.15, 0.2) is 5.75 Å². The van der Waals surface area contributed by atoms with Crippen molar-refractivity contribution in [1.29, 1.82) is 0 Å². The first-order valence-electron chi connectivity index (χ1n) is 7.81. The number of hydrogen-bond donors (Lipinski definition) is 1. The molecule has 0 radical (unpaired) electrons. The van der Waals surface area contributed by atoms with Crippen molar-refractivity contribution in [2.45, 2.75) is 31.9 Å². The van der Waals surface area contributed by atoms with Gasteiger partial charge in [0.1, 0.15) is 0 Å². The molecule has 1 aromatic carbocycles. The third-order valence-corrected chi connectivity index (χ3v) is 6.52. The van der Waals surface area contributed by atoms with Crippen LogP contribution in [0.3, 0.4) is 0 Å². The number of halogens is 2. The molecule has 1 unspecified atom stereocenters. The van der Waals surface area contributed by atoms with Crippen molar-refractivity contribution in [1.82, 2.24) is 4.90 Å². The maximum atomic E-state index is 12.5. The molecule has 1 N–H and O–H groups in total. The Labute approximate surface area is 155 Å². The lowest BCUT2D eigenvalue weighted by Gasteiger charge is -2.23. The van der Waals surface area contributed by atoms with Crippen LogP contribution in [-0.2, 0) is 10.8 Å². The van der Waals surface area contributed by atoms with Crippen molar-refractivity contribution < 1.29 is 13.7 Å². The summed E-state index contributed by atoms with van der Waals surface area (Å²) in [5.41, 5.74) is 0.503. The number of ether oxygens (including phenoxy) is 1. The van der Waals surface area contributed by atoms with Crippen molar-refractivity contribution in [3.63, 3.8) is 0 Å². The fraction of sp³-hybridized carbons (Fsp3) is 0.562. The van der Waals surface area contributed by atoms with Gasteiger partial charge in [-0.1, -0.05) is 23.2 Å². The van der Waals surface area contributed by atoms with E-state index in [0.29, 0.717) is 53.4 Å². The van der Waals surface area contributed by atoms with Crippen LogP contribution in [0.2, 0.25) is 10.0 Å². The Morgan fingerprint density at radius 3 is 2.54 bits per heavy atom. The quantitative estimate of drug-likeness (QED) is 0.839. The third kappa shape index (κ3) is 4.55. The summed E-state index contributed by atoms with van der Waals surface area (Å²) in [5.74, 6) is 0.885. The Morgan fingerprint density at radius 1 is 1.33 bits per heavy atom. The molecule has 5 nitrogen and oxygen atoms in total. The molecule has 24 heavy (non-hydrogen) atoms. The van der Waals surface area contributed by atoms with Crippen molar-refractivity contribution in [3.05, 3.63) is 22.2 Å². The lowest BCUT2D eigenvalue weighted by molar-refractivity contribution is 0.214. The van der Waals surface area contributed by atoms with Crippen molar-refractivity contribution in [3.8, 4) is 5.75 Å². The SMILES string of the molecule is CCOc1c(Cl)cc(NC(=O)N2CCS(=O)C(C)(C)CC2)cc1Cl. The van der Waals surface area contributed by atoms with Crippen LogP contribution in [0, 0.1) is 0 Å². The highest BCUT2D eigenvalue weighted by atomic mass is 35.5. The Bertz CT molecular complexity index is 629. The predicted octanol–water partition coefficient (Wildman–Crippen LogP) is 4.16. The second-order valence-corrected chi connectivity index (χ2v) is 9.20. The fourth-order valence-corrected chi connectivity index (χ4v) is 4.27. The van der Waals surface area contributed by atoms with Crippen LogP contribution < -0.4 is 10.1 Å². The summed E-state index contributed by atoms with van der Waals surface area (Å²) in [5, 5.41) is 3.49. The van der Waals surface area contributed by atoms with E-state index in [1.54, 1.807) is 17.0 Å². The molecule has 2 amide bonds. The number of anilines is 1. The number of nitrogens with one attached hydrogen (secondary N) is 1. The van der Waals surface area contributed by atoms with Gasteiger partial charge in [0, 0.05) is 40.1 Å². The van der Waals surface area contributed by atoms with Gasteiger partial charge in [-0.3, -0.25) is 4.21 Å². The van der Waals surface area contributed by atoms with E-state index in [-0.39, 0.29) is 10.8 Å². The summed E-state index contributed by atoms with van der Waals surface area (Å²) in [6, 6.07) is 2.97. The molecular formula is C16H22Cl2N2O3S. The van der Waals surface area contributed by atoms with E-state index in [2.05, 4.69) is 5.32 Å². The second-order valence-electron chi connectivity index (χ2n) is 6.18. The molecule has 0 saturated carbocycles. The number of amides is 2. The zero-order valence-corrected chi connectivity index (χ0v) is 16.4. The van der Waals surface area contributed by atoms with Crippen molar-refractivity contribution in [2.75, 3.05) is 30.8 Å². The molecule has 1 atom stereocenters. The summed E-state index contributed by atoms with van der Waals surface area (Å²) < 4.78 is 17.3. The first kappa shape index (κ1) is 19.3. The first-order chi connectivity index (χ1) is 11.2. The summed E-state index contributed by atoms with van der Waals surface area (Å²) in [4.78, 5) is 14.1. The second kappa shape index (κ2) is 7.93. The third-order valence-electron chi connectivity index (χ3n) is 3.97. The number of carbonyl (C=O) groups is 1. The smallest absolute Gasteiger partial charge is 0.321 e. The number of hydrogen-bond acceptors (Lipinski definition) is 3. The number of urea groups is 1. The van der Waals surface area contributed by atoms with Crippen LogP contribution in [0.4, 0.5) is 10.5 Å². The van der Waals surface area contributed by atoms with Crippen LogP contribution >= 0.6 is 23.2 Å². The van der Waals surface area contributed by atoms with Gasteiger partial charge in [-0.15, -0.1) is 0 Å². The summed E-state index contributed by atoms with van der Waals surface area (Å²) in [6.07, 6.45) is 0.692. The molecule has 134 valence electrons. The van der Waals surface area contributed by atoms with E-state index in [4.69, 9.17) is 27.9 Å². The number of nitrogens with zero attached hydrogens (tertiary/aromatic N) is 1. The lowest BCUT2D eigenvalue weighted by atomic mass is 10.1. The van der Waals surface area contributed by atoms with Crippen LogP contribution in [0.1, 0.15) is 27.2 Å². The predicted molar refractivity (Wildman–Crippen MR) is 99.9 cm³/mol. The minimum Gasteiger partial charge on any atom is -0.491 e. The van der Waals surface area contributed by atoms with Crippen LogP contribution in [0.25, 0.3) is 0 Å². The van der Waals surface area contributed by atoms with Crippen LogP contribution in [0.5, 0.6) is 5.75 Å². The van der Waals surface area contributed by atoms with Gasteiger partial charge in [-0.25, -0.2) is 4.79 Å². The van der Waals surface area contributed by atoms with E-state index in [0.717, 1.165) is 0 Å². The van der Waals surface area contributed by atoms with Crippen LogP contribution in [-0.4, -0.2) is 45.3 Å². The van der Waals surface area contributed by atoms with E-state index >= 15 is 0 Å².